The Kier molecular flexibility index (Phi) is 3.62. The van der Waals surface area contributed by atoms with Crippen molar-refractivity contribution in [3.8, 4) is 5.69 Å². The van der Waals surface area contributed by atoms with Crippen molar-refractivity contribution in [1.29, 1.82) is 0 Å². The molecule has 0 unspecified atom stereocenters. The highest BCUT2D eigenvalue weighted by Gasteiger charge is 2.24. The average molecular weight is 338 g/mol. The summed E-state index contributed by atoms with van der Waals surface area (Å²) in [7, 11) is 0. The zero-order valence-electron chi connectivity index (χ0n) is 12.4. The van der Waals surface area contributed by atoms with Gasteiger partial charge in [-0.3, -0.25) is 0 Å². The zero-order valence-corrected chi connectivity index (χ0v) is 13.9. The van der Waals surface area contributed by atoms with Gasteiger partial charge in [-0.1, -0.05) is 44.0 Å². The molecule has 0 spiro atoms. The largest absolute Gasteiger partial charge is 0.232 e. The summed E-state index contributed by atoms with van der Waals surface area (Å²) in [5.41, 5.74) is 2.67. The Bertz CT molecular complexity index is 866. The quantitative estimate of drug-likeness (QED) is 0.574. The summed E-state index contributed by atoms with van der Waals surface area (Å²) in [5, 5.41) is 5.11. The molecule has 6 heteroatoms. The Morgan fingerprint density at radius 2 is 1.82 bits per heavy atom. The van der Waals surface area contributed by atoms with Crippen LogP contribution in [0.25, 0.3) is 16.7 Å². The van der Waals surface area contributed by atoms with Gasteiger partial charge in [-0.15, -0.1) is 0 Å². The van der Waals surface area contributed by atoms with Crippen molar-refractivity contribution in [2.75, 3.05) is 0 Å². The van der Waals surface area contributed by atoms with Gasteiger partial charge in [0.15, 0.2) is 0 Å². The second-order valence-electron chi connectivity index (χ2n) is 6.11. The molecule has 22 heavy (non-hydrogen) atoms. The van der Waals surface area contributed by atoms with E-state index >= 15 is 0 Å². The van der Waals surface area contributed by atoms with Gasteiger partial charge in [0, 0.05) is 11.5 Å². The van der Waals surface area contributed by atoms with E-state index in [-0.39, 0.29) is 10.4 Å². The predicted molar refractivity (Wildman–Crippen MR) is 87.5 cm³/mol. The average Bonchev–Trinajstić information content (AvgIpc) is 2.80. The minimum atomic E-state index is -0.484. The first-order valence-corrected chi connectivity index (χ1v) is 7.54. The van der Waals surface area contributed by atoms with Crippen LogP contribution in [0.3, 0.4) is 0 Å². The molecule has 0 amide bonds. The highest BCUT2D eigenvalue weighted by atomic mass is 35.5. The standard InChI is InChI=1S/C16H14Cl2FN3/c1-16(2,3)15-14-12(6-7-13(18)20-14)22(21-15)9-4-5-10(17)11(19)8-9/h4-8H,1-3H3. The fourth-order valence-electron chi connectivity index (χ4n) is 2.29. The van der Waals surface area contributed by atoms with Crippen LogP contribution in [0.1, 0.15) is 26.5 Å². The van der Waals surface area contributed by atoms with Crippen molar-refractivity contribution in [3.05, 3.63) is 52.0 Å². The van der Waals surface area contributed by atoms with E-state index in [4.69, 9.17) is 23.2 Å². The molecular weight excluding hydrogens is 324 g/mol. The van der Waals surface area contributed by atoms with Crippen molar-refractivity contribution in [3.63, 3.8) is 0 Å². The SMILES string of the molecule is CC(C)(C)c1nn(-c2ccc(Cl)c(F)c2)c2ccc(Cl)nc12. The molecule has 2 heterocycles. The number of pyridine rings is 1. The van der Waals surface area contributed by atoms with E-state index in [9.17, 15) is 4.39 Å². The Balaban J connectivity index is 2.32. The van der Waals surface area contributed by atoms with Crippen molar-refractivity contribution < 1.29 is 4.39 Å². The van der Waals surface area contributed by atoms with Gasteiger partial charge in [0.1, 0.15) is 16.5 Å². The lowest BCUT2D eigenvalue weighted by atomic mass is 9.91. The van der Waals surface area contributed by atoms with E-state index in [0.29, 0.717) is 10.8 Å². The Labute approximate surface area is 137 Å². The molecule has 0 aliphatic heterocycles. The third-order valence-electron chi connectivity index (χ3n) is 3.35. The highest BCUT2D eigenvalue weighted by Crippen LogP contribution is 2.31. The van der Waals surface area contributed by atoms with Gasteiger partial charge in [-0.25, -0.2) is 14.1 Å². The smallest absolute Gasteiger partial charge is 0.143 e. The van der Waals surface area contributed by atoms with Gasteiger partial charge in [0.2, 0.25) is 0 Å². The van der Waals surface area contributed by atoms with Crippen LogP contribution in [-0.2, 0) is 5.41 Å². The molecule has 0 aliphatic carbocycles. The van der Waals surface area contributed by atoms with E-state index in [0.717, 1.165) is 16.7 Å². The summed E-state index contributed by atoms with van der Waals surface area (Å²) in [6.07, 6.45) is 0. The van der Waals surface area contributed by atoms with Crippen molar-refractivity contribution in [1.82, 2.24) is 14.8 Å². The van der Waals surface area contributed by atoms with Gasteiger partial charge in [-0.2, -0.15) is 5.10 Å². The molecular formula is C16H14Cl2FN3. The number of halogens is 3. The minimum Gasteiger partial charge on any atom is -0.232 e. The summed E-state index contributed by atoms with van der Waals surface area (Å²) >= 11 is 11.8. The molecule has 0 atom stereocenters. The van der Waals surface area contributed by atoms with Gasteiger partial charge >= 0.3 is 0 Å². The Hall–Kier alpha value is -1.65. The maximum Gasteiger partial charge on any atom is 0.143 e. The van der Waals surface area contributed by atoms with E-state index in [1.54, 1.807) is 16.8 Å². The van der Waals surface area contributed by atoms with Gasteiger partial charge in [0.25, 0.3) is 0 Å². The van der Waals surface area contributed by atoms with Crippen LogP contribution in [0.5, 0.6) is 0 Å². The number of fused-ring (bicyclic) bond motifs is 1. The molecule has 0 bridgehead atoms. The van der Waals surface area contributed by atoms with Crippen LogP contribution in [0, 0.1) is 5.82 Å². The van der Waals surface area contributed by atoms with Crippen LogP contribution in [0.4, 0.5) is 4.39 Å². The second kappa shape index (κ2) is 5.21. The maximum absolute atomic E-state index is 13.8. The molecule has 3 rings (SSSR count). The number of rotatable bonds is 1. The minimum absolute atomic E-state index is 0.0809. The lowest BCUT2D eigenvalue weighted by Crippen LogP contribution is -2.13. The first kappa shape index (κ1) is 15.3. The van der Waals surface area contributed by atoms with Crippen LogP contribution in [0.15, 0.2) is 30.3 Å². The van der Waals surface area contributed by atoms with E-state index in [2.05, 4.69) is 10.1 Å². The molecule has 2 aromatic heterocycles. The monoisotopic (exact) mass is 337 g/mol. The molecule has 3 nitrogen and oxygen atoms in total. The van der Waals surface area contributed by atoms with Crippen molar-refractivity contribution >= 4 is 34.2 Å². The summed E-state index contributed by atoms with van der Waals surface area (Å²) < 4.78 is 15.4. The number of hydrogen-bond donors (Lipinski definition) is 0. The number of benzene rings is 1. The van der Waals surface area contributed by atoms with Crippen LogP contribution >= 0.6 is 23.2 Å². The number of nitrogens with zero attached hydrogens (tertiary/aromatic N) is 3. The summed E-state index contributed by atoms with van der Waals surface area (Å²) in [6.45, 7) is 6.14. The van der Waals surface area contributed by atoms with Gasteiger partial charge in [0.05, 0.1) is 21.9 Å². The molecule has 0 saturated heterocycles. The third-order valence-corrected chi connectivity index (χ3v) is 3.87. The second-order valence-corrected chi connectivity index (χ2v) is 6.90. The normalized spacial score (nSPS) is 12.1. The Morgan fingerprint density at radius 1 is 1.09 bits per heavy atom. The van der Waals surface area contributed by atoms with Crippen LogP contribution in [-0.4, -0.2) is 14.8 Å². The number of hydrogen-bond acceptors (Lipinski definition) is 2. The molecule has 0 fully saturated rings. The van der Waals surface area contributed by atoms with Crippen LogP contribution in [0.2, 0.25) is 10.2 Å². The fourth-order valence-corrected chi connectivity index (χ4v) is 2.56. The topological polar surface area (TPSA) is 30.7 Å². The lowest BCUT2D eigenvalue weighted by Gasteiger charge is -2.14. The van der Waals surface area contributed by atoms with Crippen molar-refractivity contribution in [2.45, 2.75) is 26.2 Å². The van der Waals surface area contributed by atoms with Crippen LogP contribution < -0.4 is 0 Å². The molecule has 0 saturated carbocycles. The molecule has 0 N–H and O–H groups in total. The summed E-state index contributed by atoms with van der Waals surface area (Å²) in [5.74, 6) is -0.484. The van der Waals surface area contributed by atoms with E-state index in [1.165, 1.54) is 12.1 Å². The van der Waals surface area contributed by atoms with E-state index < -0.39 is 5.82 Å². The fraction of sp³-hybridized carbons (Fsp3) is 0.250. The molecule has 3 aromatic rings. The van der Waals surface area contributed by atoms with Crippen molar-refractivity contribution in [2.24, 2.45) is 0 Å². The summed E-state index contributed by atoms with van der Waals surface area (Å²) in [6, 6.07) is 8.12. The first-order chi connectivity index (χ1) is 10.3. The molecule has 0 aliphatic rings. The predicted octanol–water partition coefficient (Wildman–Crippen LogP) is 5.16. The molecule has 1 aromatic carbocycles. The molecule has 0 radical (unpaired) electrons. The molecule has 114 valence electrons. The zero-order chi connectivity index (χ0) is 16.1. The third kappa shape index (κ3) is 2.57. The number of aromatic nitrogens is 3. The summed E-state index contributed by atoms with van der Waals surface area (Å²) in [4.78, 5) is 4.39. The Morgan fingerprint density at radius 3 is 2.45 bits per heavy atom. The van der Waals surface area contributed by atoms with Gasteiger partial charge in [-0.05, 0) is 24.3 Å². The highest BCUT2D eigenvalue weighted by molar-refractivity contribution is 6.30. The van der Waals surface area contributed by atoms with Gasteiger partial charge < -0.3 is 0 Å². The first-order valence-electron chi connectivity index (χ1n) is 6.78. The van der Waals surface area contributed by atoms with E-state index in [1.807, 2.05) is 26.8 Å². The lowest BCUT2D eigenvalue weighted by molar-refractivity contribution is 0.563. The maximum atomic E-state index is 13.8.